The summed E-state index contributed by atoms with van der Waals surface area (Å²) >= 11 is 0. The molecule has 0 saturated carbocycles. The summed E-state index contributed by atoms with van der Waals surface area (Å²) in [5, 5.41) is 9.94. The van der Waals surface area contributed by atoms with Crippen LogP contribution in [-0.4, -0.2) is 17.6 Å². The van der Waals surface area contributed by atoms with Crippen molar-refractivity contribution in [1.82, 2.24) is 0 Å². The number of nitrogens with zero attached hydrogens (tertiary/aromatic N) is 1. The third-order valence-corrected chi connectivity index (χ3v) is 3.16. The molecule has 0 aliphatic carbocycles. The lowest BCUT2D eigenvalue weighted by Gasteiger charge is -2.31. The van der Waals surface area contributed by atoms with E-state index in [-0.39, 0.29) is 5.91 Å². The second kappa shape index (κ2) is 4.26. The number of carbonyl (C=O) groups is 1. The van der Waals surface area contributed by atoms with Crippen LogP contribution in [0, 0.1) is 0 Å². The first-order chi connectivity index (χ1) is 7.63. The summed E-state index contributed by atoms with van der Waals surface area (Å²) in [5.41, 5.74) is 2.95. The first-order valence-electron chi connectivity index (χ1n) is 5.72. The van der Waals surface area contributed by atoms with E-state index < -0.39 is 6.10 Å². The van der Waals surface area contributed by atoms with Gasteiger partial charge in [0.15, 0.2) is 0 Å². The highest BCUT2D eigenvalue weighted by Crippen LogP contribution is 2.34. The molecule has 1 aliphatic rings. The third-order valence-electron chi connectivity index (χ3n) is 3.16. The molecule has 1 aromatic rings. The van der Waals surface area contributed by atoms with Crippen LogP contribution in [-0.2, 0) is 11.2 Å². The number of benzene rings is 1. The maximum absolute atomic E-state index is 11.5. The monoisotopic (exact) mass is 219 g/mol. The minimum atomic E-state index is -0.433. The Hall–Kier alpha value is -1.35. The molecule has 86 valence electrons. The molecule has 1 amide bonds. The number of aryl methyl sites for hydroxylation is 1. The fraction of sp³-hybridized carbons (Fsp3) is 0.462. The fourth-order valence-electron chi connectivity index (χ4n) is 2.19. The van der Waals surface area contributed by atoms with Crippen molar-refractivity contribution in [2.24, 2.45) is 0 Å². The molecule has 1 unspecified atom stereocenters. The maximum atomic E-state index is 11.5. The summed E-state index contributed by atoms with van der Waals surface area (Å²) in [4.78, 5) is 13.2. The van der Waals surface area contributed by atoms with Crippen LogP contribution in [0.1, 0.15) is 37.5 Å². The number of carbonyl (C=O) groups excluding carboxylic acids is 1. The van der Waals surface area contributed by atoms with E-state index in [0.717, 1.165) is 17.7 Å². The van der Waals surface area contributed by atoms with E-state index in [4.69, 9.17) is 0 Å². The van der Waals surface area contributed by atoms with Crippen LogP contribution in [0.4, 0.5) is 5.69 Å². The van der Waals surface area contributed by atoms with Gasteiger partial charge in [0.05, 0.1) is 6.10 Å². The maximum Gasteiger partial charge on any atom is 0.223 e. The molecule has 1 aliphatic heterocycles. The number of anilines is 1. The Morgan fingerprint density at radius 1 is 1.56 bits per heavy atom. The largest absolute Gasteiger partial charge is 0.388 e. The van der Waals surface area contributed by atoms with Gasteiger partial charge in [-0.3, -0.25) is 4.79 Å². The van der Waals surface area contributed by atoms with Gasteiger partial charge in [-0.1, -0.05) is 19.1 Å². The Morgan fingerprint density at radius 2 is 2.31 bits per heavy atom. The van der Waals surface area contributed by atoms with Crippen LogP contribution in [0.15, 0.2) is 18.2 Å². The second-order valence-corrected chi connectivity index (χ2v) is 4.22. The molecule has 0 radical (unpaired) electrons. The quantitative estimate of drug-likeness (QED) is 0.785. The molecule has 3 heteroatoms. The smallest absolute Gasteiger partial charge is 0.223 e. The van der Waals surface area contributed by atoms with Gasteiger partial charge in [-0.2, -0.15) is 0 Å². The predicted molar refractivity (Wildman–Crippen MR) is 63.4 cm³/mol. The van der Waals surface area contributed by atoms with E-state index in [2.05, 4.69) is 6.92 Å². The molecular weight excluding hydrogens is 202 g/mol. The van der Waals surface area contributed by atoms with Gasteiger partial charge in [-0.25, -0.2) is 0 Å². The van der Waals surface area contributed by atoms with Gasteiger partial charge < -0.3 is 10.0 Å². The topological polar surface area (TPSA) is 40.5 Å². The molecule has 0 spiro atoms. The standard InChI is InChI=1S/C13H17NO2/c1-3-10-4-5-12-11(8-10)13(16)6-7-14(12)9(2)15/h4-5,8,13,16H,3,6-7H2,1-2H3. The van der Waals surface area contributed by atoms with E-state index in [0.29, 0.717) is 13.0 Å². The number of hydrogen-bond donors (Lipinski definition) is 1. The Kier molecular flexibility index (Phi) is 2.97. The van der Waals surface area contributed by atoms with E-state index in [1.165, 1.54) is 5.56 Å². The SMILES string of the molecule is CCc1ccc2c(c1)C(O)CCN2C(C)=O. The lowest BCUT2D eigenvalue weighted by atomic mass is 9.96. The van der Waals surface area contributed by atoms with Crippen LogP contribution in [0.25, 0.3) is 0 Å². The molecule has 1 N–H and O–H groups in total. The average Bonchev–Trinajstić information content (AvgIpc) is 2.29. The lowest BCUT2D eigenvalue weighted by Crippen LogP contribution is -2.35. The van der Waals surface area contributed by atoms with Crippen LogP contribution in [0.3, 0.4) is 0 Å². The Bertz CT molecular complexity index is 414. The van der Waals surface area contributed by atoms with Gasteiger partial charge in [-0.05, 0) is 24.5 Å². The summed E-state index contributed by atoms with van der Waals surface area (Å²) in [6.45, 7) is 4.25. The number of aliphatic hydroxyl groups is 1. The fourth-order valence-corrected chi connectivity index (χ4v) is 2.19. The number of amides is 1. The molecule has 0 saturated heterocycles. The number of fused-ring (bicyclic) bond motifs is 1. The van der Waals surface area contributed by atoms with E-state index >= 15 is 0 Å². The van der Waals surface area contributed by atoms with Gasteiger partial charge in [0.2, 0.25) is 5.91 Å². The Labute approximate surface area is 95.7 Å². The zero-order valence-corrected chi connectivity index (χ0v) is 9.73. The third kappa shape index (κ3) is 1.83. The molecule has 1 atom stereocenters. The van der Waals surface area contributed by atoms with Crippen LogP contribution in [0.2, 0.25) is 0 Å². The van der Waals surface area contributed by atoms with E-state index in [1.54, 1.807) is 11.8 Å². The summed E-state index contributed by atoms with van der Waals surface area (Å²) in [6.07, 6.45) is 1.14. The second-order valence-electron chi connectivity index (χ2n) is 4.22. The number of aliphatic hydroxyl groups excluding tert-OH is 1. The molecule has 3 nitrogen and oxygen atoms in total. The van der Waals surface area contributed by atoms with Gasteiger partial charge >= 0.3 is 0 Å². The molecule has 16 heavy (non-hydrogen) atoms. The lowest BCUT2D eigenvalue weighted by molar-refractivity contribution is -0.116. The minimum Gasteiger partial charge on any atom is -0.388 e. The molecule has 0 fully saturated rings. The highest BCUT2D eigenvalue weighted by molar-refractivity contribution is 5.93. The van der Waals surface area contributed by atoms with Gasteiger partial charge in [0.1, 0.15) is 0 Å². The molecule has 2 rings (SSSR count). The van der Waals surface area contributed by atoms with Crippen molar-refractivity contribution in [2.45, 2.75) is 32.8 Å². The average molecular weight is 219 g/mol. The van der Waals surface area contributed by atoms with Crippen molar-refractivity contribution >= 4 is 11.6 Å². The van der Waals surface area contributed by atoms with Gasteiger partial charge in [0.25, 0.3) is 0 Å². The van der Waals surface area contributed by atoms with Gasteiger partial charge in [-0.15, -0.1) is 0 Å². The molecule has 0 bridgehead atoms. The molecular formula is C13H17NO2. The van der Waals surface area contributed by atoms with E-state index in [9.17, 15) is 9.90 Å². The highest BCUT2D eigenvalue weighted by atomic mass is 16.3. The van der Waals surface area contributed by atoms with Crippen molar-refractivity contribution in [3.63, 3.8) is 0 Å². The van der Waals surface area contributed by atoms with Crippen molar-refractivity contribution in [3.8, 4) is 0 Å². The molecule has 0 aromatic heterocycles. The first kappa shape index (κ1) is 11.1. The van der Waals surface area contributed by atoms with Crippen molar-refractivity contribution < 1.29 is 9.90 Å². The van der Waals surface area contributed by atoms with Gasteiger partial charge in [0, 0.05) is 24.7 Å². The number of hydrogen-bond acceptors (Lipinski definition) is 2. The molecule has 1 heterocycles. The summed E-state index contributed by atoms with van der Waals surface area (Å²) < 4.78 is 0. The van der Waals surface area contributed by atoms with Crippen LogP contribution >= 0.6 is 0 Å². The van der Waals surface area contributed by atoms with E-state index in [1.807, 2.05) is 18.2 Å². The highest BCUT2D eigenvalue weighted by Gasteiger charge is 2.25. The Morgan fingerprint density at radius 3 is 2.94 bits per heavy atom. The summed E-state index contributed by atoms with van der Waals surface area (Å²) in [6, 6.07) is 5.97. The summed E-state index contributed by atoms with van der Waals surface area (Å²) in [7, 11) is 0. The Balaban J connectivity index is 2.47. The van der Waals surface area contributed by atoms with Crippen molar-refractivity contribution in [1.29, 1.82) is 0 Å². The predicted octanol–water partition coefficient (Wildman–Crippen LogP) is 2.04. The zero-order chi connectivity index (χ0) is 11.7. The minimum absolute atomic E-state index is 0.0393. The molecule has 1 aromatic carbocycles. The summed E-state index contributed by atoms with van der Waals surface area (Å²) in [5.74, 6) is 0.0393. The first-order valence-corrected chi connectivity index (χ1v) is 5.72. The van der Waals surface area contributed by atoms with Crippen LogP contribution in [0.5, 0.6) is 0 Å². The normalized spacial score (nSPS) is 19.4. The number of rotatable bonds is 1. The van der Waals surface area contributed by atoms with Crippen molar-refractivity contribution in [2.75, 3.05) is 11.4 Å². The van der Waals surface area contributed by atoms with Crippen molar-refractivity contribution in [3.05, 3.63) is 29.3 Å². The zero-order valence-electron chi connectivity index (χ0n) is 9.73. The van der Waals surface area contributed by atoms with Crippen LogP contribution < -0.4 is 4.90 Å².